The van der Waals surface area contributed by atoms with Crippen LogP contribution < -0.4 is 10.9 Å². The van der Waals surface area contributed by atoms with Crippen LogP contribution in [0.2, 0.25) is 0 Å². The number of rotatable bonds is 7. The molecule has 0 aliphatic carbocycles. The van der Waals surface area contributed by atoms with E-state index in [1.165, 1.54) is 17.2 Å². The Kier molecular flexibility index (Phi) is 6.52. The molecule has 0 bridgehead atoms. The minimum Gasteiger partial charge on any atom is -0.352 e. The fraction of sp³-hybridized carbons (Fsp3) is 0.182. The first-order valence-corrected chi connectivity index (χ1v) is 9.24. The molecular weight excluding hydrogens is 368 g/mol. The third-order valence-electron chi connectivity index (χ3n) is 4.43. The fourth-order valence-corrected chi connectivity index (χ4v) is 2.88. The highest BCUT2D eigenvalue weighted by Crippen LogP contribution is 2.07. The predicted octanol–water partition coefficient (Wildman–Crippen LogP) is 2.01. The monoisotopic (exact) mass is 390 g/mol. The maximum Gasteiger partial charge on any atom is 0.260 e. The van der Waals surface area contributed by atoms with E-state index in [2.05, 4.69) is 15.3 Å². The Morgan fingerprint density at radius 1 is 1.10 bits per heavy atom. The molecule has 0 saturated carbocycles. The van der Waals surface area contributed by atoms with E-state index in [0.717, 1.165) is 11.1 Å². The van der Waals surface area contributed by atoms with Gasteiger partial charge in [0, 0.05) is 38.7 Å². The molecule has 148 valence electrons. The smallest absolute Gasteiger partial charge is 0.260 e. The summed E-state index contributed by atoms with van der Waals surface area (Å²) in [6.07, 6.45) is 5.38. The van der Waals surface area contributed by atoms with Crippen LogP contribution in [-0.2, 0) is 13.0 Å². The van der Waals surface area contributed by atoms with Crippen molar-refractivity contribution in [3.63, 3.8) is 0 Å². The zero-order chi connectivity index (χ0) is 20.6. The van der Waals surface area contributed by atoms with Gasteiger partial charge in [-0.2, -0.15) is 0 Å². The van der Waals surface area contributed by atoms with Crippen LogP contribution >= 0.6 is 0 Å². The molecule has 0 unspecified atom stereocenters. The number of amides is 2. The third-order valence-corrected chi connectivity index (χ3v) is 4.43. The number of benzene rings is 1. The standard InChI is InChI=1S/C22H22N4O3/c1-26(15-17-6-3-2-4-7-17)22(29)19-12-18(14-25-21(19)28)20(27)24-11-9-16-8-5-10-23-13-16/h2-8,10,12-14H,9,11,15H2,1H3,(H,24,27)(H,25,28). The molecule has 29 heavy (non-hydrogen) atoms. The van der Waals surface area contributed by atoms with Crippen LogP contribution in [0.5, 0.6) is 0 Å². The number of H-pyrrole nitrogens is 1. The molecule has 0 aliphatic heterocycles. The molecule has 2 heterocycles. The SMILES string of the molecule is CN(Cc1ccccc1)C(=O)c1cc(C(=O)NCCc2cccnc2)c[nH]c1=O. The molecule has 3 aromatic rings. The number of aromatic amines is 1. The van der Waals surface area contributed by atoms with Crippen molar-refractivity contribution in [2.45, 2.75) is 13.0 Å². The lowest BCUT2D eigenvalue weighted by Crippen LogP contribution is -2.33. The normalized spacial score (nSPS) is 10.4. The third kappa shape index (κ3) is 5.38. The van der Waals surface area contributed by atoms with Crippen LogP contribution in [0.15, 0.2) is 71.9 Å². The summed E-state index contributed by atoms with van der Waals surface area (Å²) in [5, 5.41) is 2.79. The maximum absolute atomic E-state index is 12.7. The van der Waals surface area contributed by atoms with Gasteiger partial charge in [0.05, 0.1) is 5.56 Å². The number of nitrogens with one attached hydrogen (secondary N) is 2. The van der Waals surface area contributed by atoms with Crippen molar-refractivity contribution in [3.8, 4) is 0 Å². The van der Waals surface area contributed by atoms with Gasteiger partial charge in [-0.3, -0.25) is 19.4 Å². The van der Waals surface area contributed by atoms with Gasteiger partial charge in [-0.15, -0.1) is 0 Å². The van der Waals surface area contributed by atoms with E-state index in [9.17, 15) is 14.4 Å². The van der Waals surface area contributed by atoms with E-state index in [1.807, 2.05) is 42.5 Å². The minimum absolute atomic E-state index is 0.0664. The topological polar surface area (TPSA) is 95.2 Å². The summed E-state index contributed by atoms with van der Waals surface area (Å²) >= 11 is 0. The molecule has 2 amide bonds. The van der Waals surface area contributed by atoms with Gasteiger partial charge < -0.3 is 15.2 Å². The fourth-order valence-electron chi connectivity index (χ4n) is 2.88. The highest BCUT2D eigenvalue weighted by Gasteiger charge is 2.18. The molecule has 0 radical (unpaired) electrons. The van der Waals surface area contributed by atoms with Crippen LogP contribution in [-0.4, -0.2) is 40.3 Å². The van der Waals surface area contributed by atoms with Crippen molar-refractivity contribution < 1.29 is 9.59 Å². The second-order valence-electron chi connectivity index (χ2n) is 6.65. The quantitative estimate of drug-likeness (QED) is 0.645. The zero-order valence-electron chi connectivity index (χ0n) is 16.1. The largest absolute Gasteiger partial charge is 0.352 e. The molecule has 1 aromatic carbocycles. The number of pyridine rings is 2. The van der Waals surface area contributed by atoms with Crippen LogP contribution in [0.3, 0.4) is 0 Å². The summed E-state index contributed by atoms with van der Waals surface area (Å²) in [6, 6.07) is 14.6. The minimum atomic E-state index is -0.526. The first-order valence-electron chi connectivity index (χ1n) is 9.24. The van der Waals surface area contributed by atoms with Crippen LogP contribution in [0, 0.1) is 0 Å². The lowest BCUT2D eigenvalue weighted by atomic mass is 10.1. The highest BCUT2D eigenvalue weighted by molar-refractivity contribution is 5.99. The summed E-state index contributed by atoms with van der Waals surface area (Å²) in [5.74, 6) is -0.801. The highest BCUT2D eigenvalue weighted by atomic mass is 16.2. The Morgan fingerprint density at radius 2 is 1.86 bits per heavy atom. The molecule has 2 N–H and O–H groups in total. The number of carbonyl (C=O) groups is 2. The summed E-state index contributed by atoms with van der Waals surface area (Å²) in [6.45, 7) is 0.779. The predicted molar refractivity (Wildman–Crippen MR) is 110 cm³/mol. The van der Waals surface area contributed by atoms with Crippen LogP contribution in [0.1, 0.15) is 31.8 Å². The molecule has 2 aromatic heterocycles. The van der Waals surface area contributed by atoms with Gasteiger partial charge in [0.2, 0.25) is 0 Å². The van der Waals surface area contributed by atoms with Crippen molar-refractivity contribution >= 4 is 11.8 Å². The summed E-state index contributed by atoms with van der Waals surface area (Å²) in [7, 11) is 1.62. The van der Waals surface area contributed by atoms with Crippen molar-refractivity contribution in [1.82, 2.24) is 20.2 Å². The van der Waals surface area contributed by atoms with E-state index in [-0.39, 0.29) is 17.0 Å². The summed E-state index contributed by atoms with van der Waals surface area (Å²) in [5.41, 5.74) is 1.59. The van der Waals surface area contributed by atoms with Gasteiger partial charge in [0.15, 0.2) is 0 Å². The van der Waals surface area contributed by atoms with Crippen molar-refractivity contribution in [2.24, 2.45) is 0 Å². The first kappa shape index (κ1) is 20.0. The van der Waals surface area contributed by atoms with E-state index in [4.69, 9.17) is 0 Å². The van der Waals surface area contributed by atoms with Crippen molar-refractivity contribution in [2.75, 3.05) is 13.6 Å². The lowest BCUT2D eigenvalue weighted by Gasteiger charge is -2.17. The number of aromatic nitrogens is 2. The van der Waals surface area contributed by atoms with E-state index in [1.54, 1.807) is 19.4 Å². The Bertz CT molecular complexity index is 1030. The molecule has 0 saturated heterocycles. The van der Waals surface area contributed by atoms with Gasteiger partial charge in [-0.1, -0.05) is 36.4 Å². The number of carbonyl (C=O) groups excluding carboxylic acids is 2. The number of hydrogen-bond donors (Lipinski definition) is 2. The second-order valence-corrected chi connectivity index (χ2v) is 6.65. The molecule has 0 fully saturated rings. The maximum atomic E-state index is 12.7. The first-order chi connectivity index (χ1) is 14.0. The molecule has 3 rings (SSSR count). The van der Waals surface area contributed by atoms with E-state index < -0.39 is 11.5 Å². The Balaban J connectivity index is 1.66. The average molecular weight is 390 g/mol. The average Bonchev–Trinajstić information content (AvgIpc) is 2.75. The number of hydrogen-bond acceptors (Lipinski definition) is 4. The molecule has 0 aliphatic rings. The molecular formula is C22H22N4O3. The Morgan fingerprint density at radius 3 is 2.59 bits per heavy atom. The van der Waals surface area contributed by atoms with Gasteiger partial charge >= 0.3 is 0 Å². The van der Waals surface area contributed by atoms with Crippen LogP contribution in [0.25, 0.3) is 0 Å². The van der Waals surface area contributed by atoms with Crippen molar-refractivity contribution in [1.29, 1.82) is 0 Å². The molecule has 7 nitrogen and oxygen atoms in total. The number of nitrogens with zero attached hydrogens (tertiary/aromatic N) is 2. The van der Waals surface area contributed by atoms with Crippen molar-refractivity contribution in [3.05, 3.63) is 99.7 Å². The van der Waals surface area contributed by atoms with Gasteiger partial charge in [-0.25, -0.2) is 0 Å². The van der Waals surface area contributed by atoms with E-state index >= 15 is 0 Å². The van der Waals surface area contributed by atoms with E-state index in [0.29, 0.717) is 19.5 Å². The summed E-state index contributed by atoms with van der Waals surface area (Å²) in [4.78, 5) is 45.2. The lowest BCUT2D eigenvalue weighted by molar-refractivity contribution is 0.0783. The van der Waals surface area contributed by atoms with Crippen LogP contribution in [0.4, 0.5) is 0 Å². The Hall–Kier alpha value is -3.74. The van der Waals surface area contributed by atoms with Gasteiger partial charge in [-0.05, 0) is 29.7 Å². The second kappa shape index (κ2) is 9.45. The molecule has 0 spiro atoms. The van der Waals surface area contributed by atoms with Gasteiger partial charge in [0.25, 0.3) is 17.4 Å². The summed E-state index contributed by atoms with van der Waals surface area (Å²) < 4.78 is 0. The van der Waals surface area contributed by atoms with Gasteiger partial charge in [0.1, 0.15) is 5.56 Å². The molecule has 0 atom stereocenters. The zero-order valence-corrected chi connectivity index (χ0v) is 16.1. The Labute approximate surface area is 168 Å². The molecule has 7 heteroatoms.